The van der Waals surface area contributed by atoms with Crippen molar-refractivity contribution in [3.63, 3.8) is 0 Å². The maximum absolute atomic E-state index is 12.7. The van der Waals surface area contributed by atoms with Crippen LogP contribution in [-0.4, -0.2) is 23.6 Å². The van der Waals surface area contributed by atoms with Crippen LogP contribution in [0.3, 0.4) is 0 Å². The van der Waals surface area contributed by atoms with Crippen molar-refractivity contribution >= 4 is 28.2 Å². The van der Waals surface area contributed by atoms with E-state index in [1.165, 1.54) is 30.3 Å². The van der Waals surface area contributed by atoms with Crippen LogP contribution >= 0.6 is 11.3 Å². The number of nitrogens with one attached hydrogen (secondary N) is 1. The number of amides is 1. The first-order valence-corrected chi connectivity index (χ1v) is 6.43. The highest BCUT2D eigenvalue weighted by atomic mass is 32.1. The second kappa shape index (κ2) is 6.16. The maximum atomic E-state index is 12.7. The lowest BCUT2D eigenvalue weighted by atomic mass is 10.3. The normalized spacial score (nSPS) is 10.1. The van der Waals surface area contributed by atoms with E-state index in [0.717, 1.165) is 11.3 Å². The number of rotatable bonds is 5. The van der Waals surface area contributed by atoms with Gasteiger partial charge in [0.2, 0.25) is 0 Å². The van der Waals surface area contributed by atoms with Crippen LogP contribution in [0.15, 0.2) is 35.7 Å². The van der Waals surface area contributed by atoms with Gasteiger partial charge in [0.25, 0.3) is 5.91 Å². The minimum absolute atomic E-state index is 0.0325. The topological polar surface area (TPSA) is 75.6 Å². The van der Waals surface area contributed by atoms with E-state index in [1.807, 2.05) is 0 Å². The third kappa shape index (κ3) is 3.55. The summed E-state index contributed by atoms with van der Waals surface area (Å²) in [6.45, 7) is -0.289. The lowest BCUT2D eigenvalue weighted by molar-refractivity contribution is -0.118. The number of aromatic carboxylic acids is 1. The first-order chi connectivity index (χ1) is 9.56. The molecule has 0 aliphatic rings. The fraction of sp³-hybridized carbons (Fsp3) is 0.0769. The largest absolute Gasteiger partial charge is 0.484 e. The highest BCUT2D eigenvalue weighted by molar-refractivity contribution is 7.14. The molecule has 1 aromatic carbocycles. The number of hydrogen-bond donors (Lipinski definition) is 2. The van der Waals surface area contributed by atoms with Gasteiger partial charge in [-0.05, 0) is 35.7 Å². The Labute approximate surface area is 117 Å². The monoisotopic (exact) mass is 295 g/mol. The Morgan fingerprint density at radius 2 is 1.95 bits per heavy atom. The van der Waals surface area contributed by atoms with Crippen LogP contribution < -0.4 is 10.1 Å². The zero-order valence-corrected chi connectivity index (χ0v) is 10.9. The highest BCUT2D eigenvalue weighted by Gasteiger charge is 2.14. The van der Waals surface area contributed by atoms with Crippen molar-refractivity contribution in [3.05, 3.63) is 47.1 Å². The lowest BCUT2D eigenvalue weighted by Gasteiger charge is -2.06. The molecule has 1 heterocycles. The molecule has 0 radical (unpaired) electrons. The van der Waals surface area contributed by atoms with Crippen molar-refractivity contribution in [1.29, 1.82) is 0 Å². The summed E-state index contributed by atoms with van der Waals surface area (Å²) in [6.07, 6.45) is 0. The van der Waals surface area contributed by atoms with Gasteiger partial charge in [-0.25, -0.2) is 9.18 Å². The van der Waals surface area contributed by atoms with Crippen molar-refractivity contribution in [1.82, 2.24) is 0 Å². The molecular weight excluding hydrogens is 285 g/mol. The summed E-state index contributed by atoms with van der Waals surface area (Å²) in [7, 11) is 0. The zero-order chi connectivity index (χ0) is 14.5. The summed E-state index contributed by atoms with van der Waals surface area (Å²) in [6, 6.07) is 6.64. The van der Waals surface area contributed by atoms with Crippen LogP contribution in [0, 0.1) is 5.82 Å². The second-order valence-corrected chi connectivity index (χ2v) is 4.68. The Morgan fingerprint density at radius 3 is 2.60 bits per heavy atom. The van der Waals surface area contributed by atoms with Crippen molar-refractivity contribution in [3.8, 4) is 5.75 Å². The Hall–Kier alpha value is -2.41. The number of hydrogen-bond acceptors (Lipinski definition) is 4. The molecular formula is C13H10FNO4S. The second-order valence-electron chi connectivity index (χ2n) is 3.76. The first kappa shape index (κ1) is 14.0. The van der Waals surface area contributed by atoms with E-state index in [4.69, 9.17) is 9.84 Å². The van der Waals surface area contributed by atoms with E-state index in [-0.39, 0.29) is 17.2 Å². The molecule has 2 N–H and O–H groups in total. The number of carbonyl (C=O) groups is 2. The summed E-state index contributed by atoms with van der Waals surface area (Å²) in [5.74, 6) is -1.64. The molecule has 0 fully saturated rings. The molecule has 0 saturated heterocycles. The van der Waals surface area contributed by atoms with Crippen LogP contribution in [0.5, 0.6) is 5.75 Å². The van der Waals surface area contributed by atoms with E-state index in [2.05, 4.69) is 5.32 Å². The molecule has 0 unspecified atom stereocenters. The third-order valence-corrected chi connectivity index (χ3v) is 3.16. The van der Waals surface area contributed by atoms with Crippen molar-refractivity contribution < 1.29 is 23.8 Å². The van der Waals surface area contributed by atoms with E-state index < -0.39 is 17.7 Å². The van der Waals surface area contributed by atoms with Crippen molar-refractivity contribution in [2.45, 2.75) is 0 Å². The predicted octanol–water partition coefficient (Wildman–Crippen LogP) is 2.60. The van der Waals surface area contributed by atoms with Crippen LogP contribution in [0.1, 0.15) is 10.4 Å². The minimum atomic E-state index is -1.11. The molecule has 5 nitrogen and oxygen atoms in total. The van der Waals surface area contributed by atoms with Gasteiger partial charge in [0.05, 0.1) is 5.56 Å². The Bertz CT molecular complexity index is 624. The number of benzene rings is 1. The number of halogens is 1. The molecule has 20 heavy (non-hydrogen) atoms. The Balaban J connectivity index is 1.91. The highest BCUT2D eigenvalue weighted by Crippen LogP contribution is 2.23. The van der Waals surface area contributed by atoms with E-state index in [1.54, 1.807) is 5.38 Å². The average molecular weight is 295 g/mol. The lowest BCUT2D eigenvalue weighted by Crippen LogP contribution is -2.20. The first-order valence-electron chi connectivity index (χ1n) is 5.55. The predicted molar refractivity (Wildman–Crippen MR) is 71.8 cm³/mol. The molecule has 2 aromatic rings. The zero-order valence-electron chi connectivity index (χ0n) is 10.1. The van der Waals surface area contributed by atoms with Gasteiger partial charge in [-0.2, -0.15) is 0 Å². The molecule has 2 rings (SSSR count). The summed E-state index contributed by atoms with van der Waals surface area (Å²) >= 11 is 1.11. The number of carboxylic acid groups (broad SMARTS) is 1. The molecule has 0 aliphatic heterocycles. The molecule has 0 saturated carbocycles. The van der Waals surface area contributed by atoms with Crippen LogP contribution in [-0.2, 0) is 4.79 Å². The molecule has 0 bridgehead atoms. The molecule has 1 amide bonds. The fourth-order valence-corrected chi connectivity index (χ4v) is 2.21. The van der Waals surface area contributed by atoms with Gasteiger partial charge in [0.15, 0.2) is 6.61 Å². The number of carboxylic acids is 1. The summed E-state index contributed by atoms with van der Waals surface area (Å²) in [5.41, 5.74) is 0.0325. The molecule has 104 valence electrons. The molecule has 7 heteroatoms. The number of anilines is 1. The molecule has 1 aromatic heterocycles. The van der Waals surface area contributed by atoms with E-state index in [9.17, 15) is 14.0 Å². The molecule has 0 spiro atoms. The van der Waals surface area contributed by atoms with Gasteiger partial charge in [-0.3, -0.25) is 4.79 Å². The summed E-state index contributed by atoms with van der Waals surface area (Å²) in [5, 5.41) is 13.2. The Morgan fingerprint density at radius 1 is 1.25 bits per heavy atom. The van der Waals surface area contributed by atoms with Gasteiger partial charge in [0, 0.05) is 0 Å². The van der Waals surface area contributed by atoms with Gasteiger partial charge < -0.3 is 15.2 Å². The molecule has 0 atom stereocenters. The van der Waals surface area contributed by atoms with Crippen LogP contribution in [0.4, 0.5) is 9.39 Å². The smallest absolute Gasteiger partial charge is 0.338 e. The average Bonchev–Trinajstić information content (AvgIpc) is 2.86. The number of thiophene rings is 1. The number of ether oxygens (including phenoxy) is 1. The van der Waals surface area contributed by atoms with Crippen molar-refractivity contribution in [2.24, 2.45) is 0 Å². The van der Waals surface area contributed by atoms with E-state index >= 15 is 0 Å². The Kier molecular flexibility index (Phi) is 4.31. The van der Waals surface area contributed by atoms with Gasteiger partial charge in [-0.1, -0.05) is 0 Å². The quantitative estimate of drug-likeness (QED) is 0.889. The standard InChI is InChI=1S/C13H10FNO4S/c14-8-1-3-9(4-2-8)19-7-11(16)15-12-10(13(17)18)5-6-20-12/h1-6H,7H2,(H,15,16)(H,17,18). The fourth-order valence-electron chi connectivity index (χ4n) is 1.42. The van der Waals surface area contributed by atoms with Gasteiger partial charge >= 0.3 is 5.97 Å². The van der Waals surface area contributed by atoms with Gasteiger partial charge in [-0.15, -0.1) is 11.3 Å². The summed E-state index contributed by atoms with van der Waals surface area (Å²) < 4.78 is 17.8. The molecule has 0 aliphatic carbocycles. The SMILES string of the molecule is O=C(COc1ccc(F)cc1)Nc1sccc1C(=O)O. The van der Waals surface area contributed by atoms with Crippen LogP contribution in [0.2, 0.25) is 0 Å². The van der Waals surface area contributed by atoms with Crippen LogP contribution in [0.25, 0.3) is 0 Å². The number of carbonyl (C=O) groups excluding carboxylic acids is 1. The van der Waals surface area contributed by atoms with Crippen molar-refractivity contribution in [2.75, 3.05) is 11.9 Å². The third-order valence-electron chi connectivity index (χ3n) is 2.33. The maximum Gasteiger partial charge on any atom is 0.338 e. The van der Waals surface area contributed by atoms with Gasteiger partial charge in [0.1, 0.15) is 16.6 Å². The summed E-state index contributed by atoms with van der Waals surface area (Å²) in [4.78, 5) is 22.5. The van der Waals surface area contributed by atoms with E-state index in [0.29, 0.717) is 5.75 Å². The minimum Gasteiger partial charge on any atom is -0.484 e.